The molecule has 0 aliphatic carbocycles. The number of nitrogens with one attached hydrogen (secondary N) is 1. The van der Waals surface area contributed by atoms with E-state index in [9.17, 15) is 14.3 Å². The predicted molar refractivity (Wildman–Crippen MR) is 99.7 cm³/mol. The highest BCUT2D eigenvalue weighted by atomic mass is 19.1. The second kappa shape index (κ2) is 7.78. The van der Waals surface area contributed by atoms with Crippen molar-refractivity contribution in [2.24, 2.45) is 0 Å². The lowest BCUT2D eigenvalue weighted by Gasteiger charge is -2.41. The van der Waals surface area contributed by atoms with Gasteiger partial charge in [-0.2, -0.15) is 5.10 Å². The molecule has 7 heteroatoms. The molecular weight excluding hydrogens is 347 g/mol. The summed E-state index contributed by atoms with van der Waals surface area (Å²) in [6.45, 7) is 3.21. The lowest BCUT2D eigenvalue weighted by Crippen LogP contribution is -2.50. The van der Waals surface area contributed by atoms with Crippen LogP contribution in [0, 0.1) is 5.82 Å². The van der Waals surface area contributed by atoms with Gasteiger partial charge in [-0.3, -0.25) is 14.8 Å². The molecule has 144 valence electrons. The first-order chi connectivity index (χ1) is 13.1. The van der Waals surface area contributed by atoms with Crippen LogP contribution >= 0.6 is 0 Å². The molecule has 1 aromatic heterocycles. The Balaban J connectivity index is 1.36. The van der Waals surface area contributed by atoms with Crippen LogP contribution in [0.25, 0.3) is 11.3 Å². The molecule has 0 bridgehead atoms. The maximum atomic E-state index is 13.1. The molecule has 1 aromatic carbocycles. The van der Waals surface area contributed by atoms with Crippen LogP contribution in [0.5, 0.6) is 0 Å². The van der Waals surface area contributed by atoms with Gasteiger partial charge in [0.25, 0.3) is 5.91 Å². The van der Waals surface area contributed by atoms with E-state index >= 15 is 0 Å². The van der Waals surface area contributed by atoms with Crippen molar-refractivity contribution in [1.82, 2.24) is 20.0 Å². The number of piperidine rings is 2. The lowest BCUT2D eigenvalue weighted by atomic mass is 9.99. The topological polar surface area (TPSA) is 72.5 Å². The van der Waals surface area contributed by atoms with Crippen LogP contribution < -0.4 is 0 Å². The van der Waals surface area contributed by atoms with Gasteiger partial charge in [0, 0.05) is 31.2 Å². The quantitative estimate of drug-likeness (QED) is 0.867. The number of benzene rings is 1. The minimum absolute atomic E-state index is 0.0482. The van der Waals surface area contributed by atoms with Gasteiger partial charge in [-0.05, 0) is 62.6 Å². The van der Waals surface area contributed by atoms with Crippen LogP contribution in [0.15, 0.2) is 30.3 Å². The standard InChI is InChI=1S/C20H25FN4O2/c21-15-5-3-14(4-6-15)18-12-19(23-22-18)20(27)24-10-7-16(8-11-24)25-9-1-2-17(26)13-25/h3-6,12,16-17,26H,1-2,7-11,13H2,(H,22,23). The number of aliphatic hydroxyl groups is 1. The van der Waals surface area contributed by atoms with Crippen LogP contribution in [0.3, 0.4) is 0 Å². The second-order valence-electron chi connectivity index (χ2n) is 7.49. The van der Waals surface area contributed by atoms with Crippen molar-refractivity contribution in [2.45, 2.75) is 37.8 Å². The fourth-order valence-corrected chi connectivity index (χ4v) is 4.12. The Hall–Kier alpha value is -2.25. The summed E-state index contributed by atoms with van der Waals surface area (Å²) in [4.78, 5) is 17.0. The minimum Gasteiger partial charge on any atom is -0.392 e. The molecule has 2 N–H and O–H groups in total. The van der Waals surface area contributed by atoms with E-state index < -0.39 is 0 Å². The third kappa shape index (κ3) is 4.04. The summed E-state index contributed by atoms with van der Waals surface area (Å²) in [5, 5.41) is 16.9. The first-order valence-corrected chi connectivity index (χ1v) is 9.63. The maximum Gasteiger partial charge on any atom is 0.271 e. The van der Waals surface area contributed by atoms with Gasteiger partial charge < -0.3 is 10.0 Å². The Morgan fingerprint density at radius 1 is 1.15 bits per heavy atom. The fraction of sp³-hybridized carbons (Fsp3) is 0.500. The number of aromatic nitrogens is 2. The molecule has 6 nitrogen and oxygen atoms in total. The van der Waals surface area contributed by atoms with E-state index in [1.54, 1.807) is 18.2 Å². The predicted octanol–water partition coefficient (Wildman–Crippen LogP) is 2.28. The van der Waals surface area contributed by atoms with Crippen molar-refractivity contribution >= 4 is 5.91 Å². The smallest absolute Gasteiger partial charge is 0.271 e. The summed E-state index contributed by atoms with van der Waals surface area (Å²) in [6.07, 6.45) is 3.58. The highest BCUT2D eigenvalue weighted by molar-refractivity contribution is 5.93. The van der Waals surface area contributed by atoms with Gasteiger partial charge in [-0.25, -0.2) is 4.39 Å². The first kappa shape index (κ1) is 18.1. The molecule has 2 aromatic rings. The third-order valence-corrected chi connectivity index (χ3v) is 5.64. The monoisotopic (exact) mass is 372 g/mol. The van der Waals surface area contributed by atoms with Crippen LogP contribution in [0.1, 0.15) is 36.2 Å². The van der Waals surface area contributed by atoms with Crippen LogP contribution in [-0.2, 0) is 0 Å². The van der Waals surface area contributed by atoms with Crippen molar-refractivity contribution < 1.29 is 14.3 Å². The van der Waals surface area contributed by atoms with Crippen LogP contribution in [0.2, 0.25) is 0 Å². The molecule has 0 saturated carbocycles. The number of rotatable bonds is 3. The number of carbonyl (C=O) groups is 1. The van der Waals surface area contributed by atoms with Crippen molar-refractivity contribution in [3.8, 4) is 11.3 Å². The summed E-state index contributed by atoms with van der Waals surface area (Å²) >= 11 is 0. The number of halogens is 1. The fourth-order valence-electron chi connectivity index (χ4n) is 4.12. The number of amides is 1. The van der Waals surface area contributed by atoms with Crippen molar-refractivity contribution in [3.63, 3.8) is 0 Å². The zero-order valence-corrected chi connectivity index (χ0v) is 15.3. The molecule has 1 amide bonds. The number of carbonyl (C=O) groups excluding carboxylic acids is 1. The van der Waals surface area contributed by atoms with Crippen molar-refractivity contribution in [1.29, 1.82) is 0 Å². The number of likely N-dealkylation sites (tertiary alicyclic amines) is 2. The summed E-state index contributed by atoms with van der Waals surface area (Å²) in [6, 6.07) is 8.24. The highest BCUT2D eigenvalue weighted by Crippen LogP contribution is 2.23. The average Bonchev–Trinajstić information content (AvgIpc) is 3.18. The Labute approximate surface area is 158 Å². The maximum absolute atomic E-state index is 13.1. The molecule has 2 fully saturated rings. The molecule has 4 rings (SSSR count). The van der Waals surface area contributed by atoms with E-state index in [1.165, 1.54) is 12.1 Å². The van der Waals surface area contributed by atoms with Gasteiger partial charge in [0.2, 0.25) is 0 Å². The van der Waals surface area contributed by atoms with Gasteiger partial charge >= 0.3 is 0 Å². The summed E-state index contributed by atoms with van der Waals surface area (Å²) in [5.41, 5.74) is 1.87. The molecule has 2 aliphatic rings. The number of aromatic amines is 1. The first-order valence-electron chi connectivity index (χ1n) is 9.63. The molecular formula is C20H25FN4O2. The number of H-pyrrole nitrogens is 1. The molecule has 2 aliphatic heterocycles. The van der Waals surface area contributed by atoms with E-state index in [-0.39, 0.29) is 17.8 Å². The zero-order valence-electron chi connectivity index (χ0n) is 15.3. The number of hydrogen-bond donors (Lipinski definition) is 2. The van der Waals surface area contributed by atoms with E-state index in [0.717, 1.165) is 44.3 Å². The Morgan fingerprint density at radius 2 is 1.89 bits per heavy atom. The second-order valence-corrected chi connectivity index (χ2v) is 7.49. The van der Waals surface area contributed by atoms with Crippen LogP contribution in [-0.4, -0.2) is 69.3 Å². The largest absolute Gasteiger partial charge is 0.392 e. The molecule has 0 spiro atoms. The third-order valence-electron chi connectivity index (χ3n) is 5.64. The lowest BCUT2D eigenvalue weighted by molar-refractivity contribution is 0.0239. The Morgan fingerprint density at radius 3 is 2.59 bits per heavy atom. The molecule has 27 heavy (non-hydrogen) atoms. The van der Waals surface area contributed by atoms with Gasteiger partial charge in [0.1, 0.15) is 11.5 Å². The van der Waals surface area contributed by atoms with Crippen molar-refractivity contribution in [2.75, 3.05) is 26.2 Å². The summed E-state index contributed by atoms with van der Waals surface area (Å²) < 4.78 is 13.1. The van der Waals surface area contributed by atoms with E-state index in [4.69, 9.17) is 0 Å². The number of hydrogen-bond acceptors (Lipinski definition) is 4. The number of nitrogens with zero attached hydrogens (tertiary/aromatic N) is 3. The van der Waals surface area contributed by atoms with E-state index in [1.807, 2.05) is 4.90 Å². The molecule has 1 atom stereocenters. The summed E-state index contributed by atoms with van der Waals surface area (Å²) in [7, 11) is 0. The van der Waals surface area contributed by atoms with Crippen LogP contribution in [0.4, 0.5) is 4.39 Å². The number of aliphatic hydroxyl groups excluding tert-OH is 1. The van der Waals surface area contributed by atoms with E-state index in [2.05, 4.69) is 15.1 Å². The summed E-state index contributed by atoms with van der Waals surface area (Å²) in [5.74, 6) is -0.345. The molecule has 2 saturated heterocycles. The van der Waals surface area contributed by atoms with Gasteiger partial charge in [-0.15, -0.1) is 0 Å². The Bertz CT molecular complexity index is 784. The van der Waals surface area contributed by atoms with Gasteiger partial charge in [-0.1, -0.05) is 0 Å². The highest BCUT2D eigenvalue weighted by Gasteiger charge is 2.30. The molecule has 1 unspecified atom stereocenters. The zero-order chi connectivity index (χ0) is 18.8. The van der Waals surface area contributed by atoms with Gasteiger partial charge in [0.05, 0.1) is 11.8 Å². The average molecular weight is 372 g/mol. The molecule has 0 radical (unpaired) electrons. The Kier molecular flexibility index (Phi) is 5.22. The normalized spacial score (nSPS) is 22.1. The van der Waals surface area contributed by atoms with E-state index in [0.29, 0.717) is 30.5 Å². The SMILES string of the molecule is O=C(c1cc(-c2ccc(F)cc2)n[nH]1)N1CCC(N2CCCC(O)C2)CC1. The van der Waals surface area contributed by atoms with Crippen molar-refractivity contribution in [3.05, 3.63) is 41.8 Å². The minimum atomic E-state index is -0.297. The number of β-amino-alcohol motifs (C(OH)–C–C–N with tert-alkyl or cyclic N) is 1. The van der Waals surface area contributed by atoms with Gasteiger partial charge in [0.15, 0.2) is 0 Å². The molecule has 3 heterocycles.